The van der Waals surface area contributed by atoms with E-state index in [1.165, 1.54) is 6.21 Å². The Bertz CT molecular complexity index is 843. The molecule has 2 rings (SSSR count). The van der Waals surface area contributed by atoms with Gasteiger partial charge in [-0.2, -0.15) is 13.5 Å². The summed E-state index contributed by atoms with van der Waals surface area (Å²) >= 11 is 0. The molecule has 0 aromatic heterocycles. The molecule has 5 nitrogen and oxygen atoms in total. The molecular weight excluding hydrogens is 324 g/mol. The first-order valence-electron chi connectivity index (χ1n) is 7.67. The standard InChI is InChI=1S/C18H22N2O3S/c1-13(2)23-17-8-6-5-7-16(17)12-19-20-24(21,22)18-11-14(3)9-10-15(18)4/h5-13,20H,1-4H3. The molecule has 0 bridgehead atoms. The molecule has 0 radical (unpaired) electrons. The van der Waals surface area contributed by atoms with Gasteiger partial charge in [0.1, 0.15) is 5.75 Å². The van der Waals surface area contributed by atoms with E-state index in [4.69, 9.17) is 4.74 Å². The molecule has 0 spiro atoms. The summed E-state index contributed by atoms with van der Waals surface area (Å²) in [5, 5.41) is 3.89. The SMILES string of the molecule is Cc1ccc(C)c(S(=O)(=O)NN=Cc2ccccc2OC(C)C)c1. The smallest absolute Gasteiger partial charge is 0.276 e. The first-order valence-corrected chi connectivity index (χ1v) is 9.16. The molecule has 0 aliphatic heterocycles. The Balaban J connectivity index is 2.21. The summed E-state index contributed by atoms with van der Waals surface area (Å²) < 4.78 is 30.5. The van der Waals surface area contributed by atoms with Gasteiger partial charge in [-0.05, 0) is 57.0 Å². The van der Waals surface area contributed by atoms with Crippen molar-refractivity contribution >= 4 is 16.2 Å². The average Bonchev–Trinajstić information content (AvgIpc) is 2.50. The van der Waals surface area contributed by atoms with E-state index in [9.17, 15) is 8.42 Å². The predicted molar refractivity (Wildman–Crippen MR) is 96.0 cm³/mol. The number of hydrazone groups is 1. The van der Waals surface area contributed by atoms with Crippen molar-refractivity contribution in [3.05, 3.63) is 59.2 Å². The van der Waals surface area contributed by atoms with Crippen LogP contribution in [0.1, 0.15) is 30.5 Å². The van der Waals surface area contributed by atoms with Gasteiger partial charge in [-0.1, -0.05) is 24.3 Å². The van der Waals surface area contributed by atoms with Gasteiger partial charge < -0.3 is 4.74 Å². The first-order chi connectivity index (χ1) is 11.3. The van der Waals surface area contributed by atoms with Crippen molar-refractivity contribution < 1.29 is 13.2 Å². The highest BCUT2D eigenvalue weighted by Crippen LogP contribution is 2.18. The molecule has 0 saturated heterocycles. The number of para-hydroxylation sites is 1. The van der Waals surface area contributed by atoms with Gasteiger partial charge in [-0.15, -0.1) is 0 Å². The van der Waals surface area contributed by atoms with Crippen molar-refractivity contribution in [3.8, 4) is 5.75 Å². The highest BCUT2D eigenvalue weighted by Gasteiger charge is 2.15. The fourth-order valence-electron chi connectivity index (χ4n) is 2.16. The minimum atomic E-state index is -3.71. The molecule has 2 aromatic rings. The van der Waals surface area contributed by atoms with Crippen LogP contribution in [0.15, 0.2) is 52.5 Å². The average molecular weight is 346 g/mol. The second-order valence-corrected chi connectivity index (χ2v) is 7.46. The minimum Gasteiger partial charge on any atom is -0.490 e. The number of hydrogen-bond acceptors (Lipinski definition) is 4. The number of hydrogen-bond donors (Lipinski definition) is 1. The van der Waals surface area contributed by atoms with Crippen LogP contribution in [0.3, 0.4) is 0 Å². The van der Waals surface area contributed by atoms with Crippen molar-refractivity contribution in [2.75, 3.05) is 0 Å². The molecule has 0 amide bonds. The fourth-order valence-corrected chi connectivity index (χ4v) is 3.28. The van der Waals surface area contributed by atoms with E-state index in [0.717, 1.165) is 5.56 Å². The maximum absolute atomic E-state index is 12.4. The molecule has 0 atom stereocenters. The summed E-state index contributed by atoms with van der Waals surface area (Å²) in [5.41, 5.74) is 2.25. The molecule has 0 saturated carbocycles. The first kappa shape index (κ1) is 18.0. The van der Waals surface area contributed by atoms with Gasteiger partial charge in [0.05, 0.1) is 17.2 Å². The third-order valence-corrected chi connectivity index (χ3v) is 4.66. The Labute approximate surface area is 143 Å². The topological polar surface area (TPSA) is 67.8 Å². The zero-order valence-corrected chi connectivity index (χ0v) is 15.1. The van der Waals surface area contributed by atoms with Crippen LogP contribution in [-0.2, 0) is 10.0 Å². The zero-order chi connectivity index (χ0) is 17.7. The normalized spacial score (nSPS) is 11.9. The highest BCUT2D eigenvalue weighted by atomic mass is 32.2. The quantitative estimate of drug-likeness (QED) is 0.644. The number of sulfonamides is 1. The summed E-state index contributed by atoms with van der Waals surface area (Å²) in [6.07, 6.45) is 1.46. The van der Waals surface area contributed by atoms with Gasteiger partial charge in [0.2, 0.25) is 0 Å². The van der Waals surface area contributed by atoms with Crippen LogP contribution < -0.4 is 9.57 Å². The lowest BCUT2D eigenvalue weighted by molar-refractivity contribution is 0.242. The van der Waals surface area contributed by atoms with Gasteiger partial charge >= 0.3 is 0 Å². The molecule has 0 heterocycles. The third-order valence-electron chi connectivity index (χ3n) is 3.29. The summed E-state index contributed by atoms with van der Waals surface area (Å²) in [7, 11) is -3.71. The van der Waals surface area contributed by atoms with Crippen LogP contribution in [0, 0.1) is 13.8 Å². The fraction of sp³-hybridized carbons (Fsp3) is 0.278. The van der Waals surface area contributed by atoms with Crippen LogP contribution in [0.5, 0.6) is 5.75 Å². The van der Waals surface area contributed by atoms with E-state index >= 15 is 0 Å². The third kappa shape index (κ3) is 4.58. The Morgan fingerprint density at radius 2 is 1.83 bits per heavy atom. The molecule has 24 heavy (non-hydrogen) atoms. The Morgan fingerprint density at radius 1 is 1.12 bits per heavy atom. The van der Waals surface area contributed by atoms with Crippen LogP contribution >= 0.6 is 0 Å². The lowest BCUT2D eigenvalue weighted by atomic mass is 10.2. The molecule has 0 unspecified atom stereocenters. The van der Waals surface area contributed by atoms with Crippen molar-refractivity contribution in [1.29, 1.82) is 0 Å². The number of rotatable bonds is 6. The van der Waals surface area contributed by atoms with Crippen LogP contribution in [0.4, 0.5) is 0 Å². The lowest BCUT2D eigenvalue weighted by Crippen LogP contribution is -2.19. The number of aryl methyl sites for hydroxylation is 2. The Hall–Kier alpha value is -2.34. The van der Waals surface area contributed by atoms with E-state index in [-0.39, 0.29) is 11.0 Å². The number of nitrogens with one attached hydrogen (secondary N) is 1. The molecule has 0 aliphatic rings. The van der Waals surface area contributed by atoms with E-state index in [2.05, 4.69) is 9.93 Å². The van der Waals surface area contributed by atoms with Gasteiger partial charge in [0, 0.05) is 5.56 Å². The van der Waals surface area contributed by atoms with Gasteiger partial charge in [0.25, 0.3) is 10.0 Å². The molecular formula is C18H22N2O3S. The van der Waals surface area contributed by atoms with Crippen LogP contribution in [-0.4, -0.2) is 20.7 Å². The molecule has 0 fully saturated rings. The molecule has 128 valence electrons. The predicted octanol–water partition coefficient (Wildman–Crippen LogP) is 3.40. The van der Waals surface area contributed by atoms with Gasteiger partial charge in [-0.25, -0.2) is 4.83 Å². The van der Waals surface area contributed by atoms with E-state index in [0.29, 0.717) is 16.9 Å². The molecule has 6 heteroatoms. The highest BCUT2D eigenvalue weighted by molar-refractivity contribution is 7.89. The Morgan fingerprint density at radius 3 is 2.54 bits per heavy atom. The van der Waals surface area contributed by atoms with E-state index in [1.807, 2.05) is 51.1 Å². The summed E-state index contributed by atoms with van der Waals surface area (Å²) in [5.74, 6) is 0.655. The maximum atomic E-state index is 12.4. The summed E-state index contributed by atoms with van der Waals surface area (Å²) in [4.78, 5) is 2.49. The number of ether oxygens (including phenoxy) is 1. The van der Waals surface area contributed by atoms with Crippen molar-refractivity contribution in [1.82, 2.24) is 4.83 Å². The van der Waals surface area contributed by atoms with E-state index < -0.39 is 10.0 Å². The van der Waals surface area contributed by atoms with E-state index in [1.54, 1.807) is 19.1 Å². The lowest BCUT2D eigenvalue weighted by Gasteiger charge is -2.12. The maximum Gasteiger partial charge on any atom is 0.276 e. The second kappa shape index (κ2) is 7.49. The summed E-state index contributed by atoms with van der Waals surface area (Å²) in [6, 6.07) is 12.6. The van der Waals surface area contributed by atoms with Gasteiger partial charge in [-0.3, -0.25) is 0 Å². The van der Waals surface area contributed by atoms with Crippen LogP contribution in [0.2, 0.25) is 0 Å². The van der Waals surface area contributed by atoms with Gasteiger partial charge in [0.15, 0.2) is 0 Å². The largest absolute Gasteiger partial charge is 0.490 e. The second-order valence-electron chi connectivity index (χ2n) is 5.83. The number of nitrogens with zero attached hydrogens (tertiary/aromatic N) is 1. The van der Waals surface area contributed by atoms with Crippen molar-refractivity contribution in [3.63, 3.8) is 0 Å². The monoisotopic (exact) mass is 346 g/mol. The Kier molecular flexibility index (Phi) is 5.62. The van der Waals surface area contributed by atoms with Crippen LogP contribution in [0.25, 0.3) is 0 Å². The number of benzene rings is 2. The zero-order valence-electron chi connectivity index (χ0n) is 14.3. The molecule has 2 aromatic carbocycles. The molecule has 0 aliphatic carbocycles. The minimum absolute atomic E-state index is 0.0196. The summed E-state index contributed by atoms with van der Waals surface area (Å²) in [6.45, 7) is 7.46. The van der Waals surface area contributed by atoms with Crippen molar-refractivity contribution in [2.45, 2.75) is 38.7 Å². The van der Waals surface area contributed by atoms with Crippen molar-refractivity contribution in [2.24, 2.45) is 5.10 Å². The molecule has 1 N–H and O–H groups in total.